The van der Waals surface area contributed by atoms with Gasteiger partial charge in [0.15, 0.2) is 0 Å². The summed E-state index contributed by atoms with van der Waals surface area (Å²) in [5.41, 5.74) is 1.93. The maximum atomic E-state index is 13.5. The summed E-state index contributed by atoms with van der Waals surface area (Å²) in [6, 6.07) is 10.5. The Bertz CT molecular complexity index is 947. The number of halogens is 1. The van der Waals surface area contributed by atoms with Gasteiger partial charge in [-0.15, -0.1) is 0 Å². The van der Waals surface area contributed by atoms with Crippen LogP contribution in [0.25, 0.3) is 0 Å². The Kier molecular flexibility index (Phi) is 7.01. The number of nitrogens with zero attached hydrogens (tertiary/aromatic N) is 1. The molecule has 0 bridgehead atoms. The molecule has 1 N–H and O–H groups in total. The van der Waals surface area contributed by atoms with Crippen LogP contribution in [0, 0.1) is 12.7 Å². The van der Waals surface area contributed by atoms with Crippen LogP contribution in [0.15, 0.2) is 42.5 Å². The van der Waals surface area contributed by atoms with Crippen LogP contribution in [0.5, 0.6) is 5.75 Å². The summed E-state index contributed by atoms with van der Waals surface area (Å²) in [7, 11) is -2.17. The van der Waals surface area contributed by atoms with E-state index in [1.165, 1.54) is 18.2 Å². The van der Waals surface area contributed by atoms with Crippen LogP contribution in [-0.2, 0) is 14.8 Å². The minimum atomic E-state index is -3.76. The highest BCUT2D eigenvalue weighted by atomic mass is 32.2. The number of amides is 1. The molecule has 1 unspecified atom stereocenters. The lowest BCUT2D eigenvalue weighted by molar-refractivity contribution is -0.120. The van der Waals surface area contributed by atoms with Crippen LogP contribution in [0.1, 0.15) is 30.5 Å². The minimum Gasteiger partial charge on any atom is -0.496 e. The van der Waals surface area contributed by atoms with Crippen LogP contribution < -0.4 is 14.4 Å². The fourth-order valence-corrected chi connectivity index (χ4v) is 3.79. The summed E-state index contributed by atoms with van der Waals surface area (Å²) in [4.78, 5) is 12.6. The van der Waals surface area contributed by atoms with E-state index < -0.39 is 28.3 Å². The molecule has 2 aromatic carbocycles. The molecule has 0 heterocycles. The van der Waals surface area contributed by atoms with E-state index in [1.54, 1.807) is 7.11 Å². The lowest BCUT2D eigenvalue weighted by Gasteiger charge is -2.24. The number of methoxy groups -OCH3 is 1. The molecule has 0 aliphatic heterocycles. The number of anilines is 1. The average molecular weight is 408 g/mol. The number of rotatable bonds is 8. The molecule has 2 rings (SSSR count). The molecule has 0 radical (unpaired) electrons. The van der Waals surface area contributed by atoms with E-state index in [4.69, 9.17) is 4.74 Å². The van der Waals surface area contributed by atoms with Crippen molar-refractivity contribution in [3.05, 3.63) is 59.4 Å². The van der Waals surface area contributed by atoms with Crippen LogP contribution in [0.3, 0.4) is 0 Å². The molecule has 152 valence electrons. The fourth-order valence-electron chi connectivity index (χ4n) is 2.94. The molecule has 8 heteroatoms. The summed E-state index contributed by atoms with van der Waals surface area (Å²) in [5, 5.41) is 2.86. The van der Waals surface area contributed by atoms with Crippen LogP contribution in [-0.4, -0.2) is 34.2 Å². The highest BCUT2D eigenvalue weighted by Crippen LogP contribution is 2.24. The Morgan fingerprint density at radius 1 is 1.25 bits per heavy atom. The van der Waals surface area contributed by atoms with Crippen LogP contribution >= 0.6 is 0 Å². The monoisotopic (exact) mass is 408 g/mol. The van der Waals surface area contributed by atoms with E-state index in [-0.39, 0.29) is 11.7 Å². The first-order valence-corrected chi connectivity index (χ1v) is 10.7. The van der Waals surface area contributed by atoms with Crippen molar-refractivity contribution in [2.24, 2.45) is 0 Å². The molecule has 1 atom stereocenters. The first-order chi connectivity index (χ1) is 13.2. The summed E-state index contributed by atoms with van der Waals surface area (Å²) >= 11 is 0. The Morgan fingerprint density at radius 3 is 2.50 bits per heavy atom. The number of aryl methyl sites for hydroxylation is 1. The molecule has 6 nitrogen and oxygen atoms in total. The Labute approximate surface area is 165 Å². The zero-order valence-corrected chi connectivity index (χ0v) is 17.2. The van der Waals surface area contributed by atoms with Gasteiger partial charge in [-0.05, 0) is 48.7 Å². The van der Waals surface area contributed by atoms with E-state index in [0.717, 1.165) is 33.5 Å². The van der Waals surface area contributed by atoms with Gasteiger partial charge in [0, 0.05) is 0 Å². The highest BCUT2D eigenvalue weighted by molar-refractivity contribution is 7.92. The van der Waals surface area contributed by atoms with Gasteiger partial charge in [0.05, 0.1) is 25.1 Å². The molecule has 0 aromatic heterocycles. The summed E-state index contributed by atoms with van der Waals surface area (Å²) < 4.78 is 43.9. The van der Waals surface area contributed by atoms with Gasteiger partial charge in [-0.2, -0.15) is 0 Å². The number of ether oxygens (including phenoxy) is 1. The summed E-state index contributed by atoms with van der Waals surface area (Å²) in [5.74, 6) is -0.305. The zero-order valence-electron chi connectivity index (χ0n) is 16.4. The maximum absolute atomic E-state index is 13.5. The highest BCUT2D eigenvalue weighted by Gasteiger charge is 2.23. The lowest BCUT2D eigenvalue weighted by atomic mass is 10.0. The third kappa shape index (κ3) is 5.45. The Balaban J connectivity index is 2.20. The molecule has 0 fully saturated rings. The maximum Gasteiger partial charge on any atom is 0.241 e. The number of hydrogen-bond acceptors (Lipinski definition) is 4. The Hall–Kier alpha value is -2.61. The van der Waals surface area contributed by atoms with Crippen molar-refractivity contribution in [1.82, 2.24) is 5.32 Å². The van der Waals surface area contributed by atoms with Gasteiger partial charge >= 0.3 is 0 Å². The normalized spacial score (nSPS) is 12.3. The predicted octanol–water partition coefficient (Wildman–Crippen LogP) is 3.18. The second-order valence-electron chi connectivity index (χ2n) is 6.51. The fraction of sp³-hybridized carbons (Fsp3) is 0.350. The molecule has 0 aliphatic rings. The van der Waals surface area contributed by atoms with Gasteiger partial charge in [0.2, 0.25) is 15.9 Å². The van der Waals surface area contributed by atoms with Crippen LogP contribution in [0.2, 0.25) is 0 Å². The molecule has 2 aromatic rings. The zero-order chi connectivity index (χ0) is 20.9. The van der Waals surface area contributed by atoms with Crippen molar-refractivity contribution in [2.75, 3.05) is 24.2 Å². The van der Waals surface area contributed by atoms with Crippen molar-refractivity contribution in [3.8, 4) is 5.75 Å². The molecule has 1 amide bonds. The SMILES string of the molecule is CCC(NC(=O)CN(c1cccc(F)c1)S(C)(=O)=O)c1ccc(OC)c(C)c1. The first kappa shape index (κ1) is 21.7. The van der Waals surface area contributed by atoms with Gasteiger partial charge in [0.25, 0.3) is 0 Å². The quantitative estimate of drug-likeness (QED) is 0.728. The van der Waals surface area contributed by atoms with E-state index in [0.29, 0.717) is 6.42 Å². The van der Waals surface area contributed by atoms with Gasteiger partial charge in [-0.25, -0.2) is 12.8 Å². The minimum absolute atomic E-state index is 0.103. The third-order valence-electron chi connectivity index (χ3n) is 4.35. The van der Waals surface area contributed by atoms with Crippen molar-refractivity contribution < 1.29 is 22.3 Å². The largest absolute Gasteiger partial charge is 0.496 e. The summed E-state index contributed by atoms with van der Waals surface area (Å²) in [6.45, 7) is 3.39. The number of benzene rings is 2. The molecule has 0 aliphatic carbocycles. The van der Waals surface area contributed by atoms with Gasteiger partial charge < -0.3 is 10.1 Å². The standard InChI is InChI=1S/C20H25FN2O4S/c1-5-18(15-9-10-19(27-3)14(2)11-15)22-20(24)13-23(28(4,25)26)17-8-6-7-16(21)12-17/h6-12,18H,5,13H2,1-4H3,(H,22,24). The Morgan fingerprint density at radius 2 is 1.96 bits per heavy atom. The van der Waals surface area contributed by atoms with Gasteiger partial charge in [-0.3, -0.25) is 9.10 Å². The van der Waals surface area contributed by atoms with Crippen molar-refractivity contribution in [2.45, 2.75) is 26.3 Å². The predicted molar refractivity (Wildman–Crippen MR) is 107 cm³/mol. The lowest BCUT2D eigenvalue weighted by Crippen LogP contribution is -2.41. The number of carbonyl (C=O) groups excluding carboxylic acids is 1. The third-order valence-corrected chi connectivity index (χ3v) is 5.49. The van der Waals surface area contributed by atoms with Gasteiger partial charge in [-0.1, -0.05) is 25.1 Å². The summed E-state index contributed by atoms with van der Waals surface area (Å²) in [6.07, 6.45) is 1.60. The van der Waals surface area contributed by atoms with Gasteiger partial charge in [0.1, 0.15) is 18.1 Å². The molecule has 0 saturated heterocycles. The molecular weight excluding hydrogens is 383 g/mol. The van der Waals surface area contributed by atoms with E-state index in [9.17, 15) is 17.6 Å². The molecular formula is C20H25FN2O4S. The first-order valence-electron chi connectivity index (χ1n) is 8.83. The number of hydrogen-bond donors (Lipinski definition) is 1. The molecule has 0 saturated carbocycles. The van der Waals surface area contributed by atoms with Crippen molar-refractivity contribution >= 4 is 21.6 Å². The smallest absolute Gasteiger partial charge is 0.241 e. The van der Waals surface area contributed by atoms with Crippen LogP contribution in [0.4, 0.5) is 10.1 Å². The number of carbonyl (C=O) groups is 1. The average Bonchev–Trinajstić information content (AvgIpc) is 2.63. The molecule has 28 heavy (non-hydrogen) atoms. The van der Waals surface area contributed by atoms with E-state index in [1.807, 2.05) is 32.0 Å². The number of nitrogens with one attached hydrogen (secondary N) is 1. The van der Waals surface area contributed by atoms with Crippen molar-refractivity contribution in [1.29, 1.82) is 0 Å². The second-order valence-corrected chi connectivity index (χ2v) is 8.41. The second kappa shape index (κ2) is 9.05. The van der Waals surface area contributed by atoms with Crippen molar-refractivity contribution in [3.63, 3.8) is 0 Å². The topological polar surface area (TPSA) is 75.7 Å². The van der Waals surface area contributed by atoms with E-state index >= 15 is 0 Å². The molecule has 0 spiro atoms. The van der Waals surface area contributed by atoms with E-state index in [2.05, 4.69) is 5.32 Å². The number of sulfonamides is 1.